The molecule has 1 N–H and O–H groups in total. The number of carbonyl (C=O) groups excluding carboxylic acids is 2. The highest BCUT2D eigenvalue weighted by Gasteiger charge is 2.33. The van der Waals surface area contributed by atoms with E-state index in [1.54, 1.807) is 37.3 Å². The molecule has 0 saturated carbocycles. The number of halogens is 1. The van der Waals surface area contributed by atoms with Crippen LogP contribution in [0.1, 0.15) is 44.2 Å². The molecule has 0 spiro atoms. The Kier molecular flexibility index (Phi) is 9.63. The predicted octanol–water partition coefficient (Wildman–Crippen LogP) is 4.70. The zero-order valence-corrected chi connectivity index (χ0v) is 22.9. The minimum absolute atomic E-state index is 0.0105. The predicted molar refractivity (Wildman–Crippen MR) is 147 cm³/mol. The van der Waals surface area contributed by atoms with Crippen LogP contribution >= 0.6 is 0 Å². The van der Waals surface area contributed by atoms with Crippen LogP contribution < -0.4 is 9.62 Å². The van der Waals surface area contributed by atoms with Crippen molar-refractivity contribution in [3.63, 3.8) is 0 Å². The zero-order chi connectivity index (χ0) is 27.9. The van der Waals surface area contributed by atoms with Crippen LogP contribution in [0.3, 0.4) is 0 Å². The van der Waals surface area contributed by atoms with Crippen molar-refractivity contribution in [1.29, 1.82) is 0 Å². The van der Waals surface area contributed by atoms with Gasteiger partial charge >= 0.3 is 0 Å². The van der Waals surface area contributed by atoms with E-state index in [-0.39, 0.29) is 23.3 Å². The number of hydrogen-bond acceptors (Lipinski definition) is 4. The summed E-state index contributed by atoms with van der Waals surface area (Å²) in [6.07, 6.45) is 0.307. The van der Waals surface area contributed by atoms with Gasteiger partial charge in [-0.2, -0.15) is 0 Å². The maximum atomic E-state index is 13.8. The molecule has 1 atom stereocenters. The van der Waals surface area contributed by atoms with Gasteiger partial charge in [0.05, 0.1) is 10.6 Å². The number of hydrogen-bond donors (Lipinski definition) is 1. The van der Waals surface area contributed by atoms with Gasteiger partial charge in [-0.25, -0.2) is 12.8 Å². The molecule has 7 nitrogen and oxygen atoms in total. The Hall–Kier alpha value is -3.72. The van der Waals surface area contributed by atoms with E-state index in [2.05, 4.69) is 5.32 Å². The Balaban J connectivity index is 2.05. The molecular formula is C29H34FN3O4S. The third-order valence-corrected chi connectivity index (χ3v) is 8.14. The smallest absolute Gasteiger partial charge is 0.264 e. The Bertz CT molecular complexity index is 1330. The number of amides is 2. The molecule has 0 unspecified atom stereocenters. The lowest BCUT2D eigenvalue weighted by atomic mass is 10.0. The second kappa shape index (κ2) is 12.7. The van der Waals surface area contributed by atoms with E-state index in [0.29, 0.717) is 17.7 Å². The fraction of sp³-hybridized carbons (Fsp3) is 0.310. The summed E-state index contributed by atoms with van der Waals surface area (Å²) >= 11 is 0. The fourth-order valence-corrected chi connectivity index (χ4v) is 5.58. The highest BCUT2D eigenvalue weighted by molar-refractivity contribution is 7.92. The average molecular weight is 540 g/mol. The second-order valence-corrected chi connectivity index (χ2v) is 11.1. The summed E-state index contributed by atoms with van der Waals surface area (Å²) in [7, 11) is -2.64. The van der Waals surface area contributed by atoms with Crippen LogP contribution in [0.15, 0.2) is 83.8 Å². The first-order valence-corrected chi connectivity index (χ1v) is 14.0. The van der Waals surface area contributed by atoms with Crippen LogP contribution in [-0.4, -0.2) is 44.8 Å². The highest BCUT2D eigenvalue weighted by Crippen LogP contribution is 2.26. The number of rotatable bonds is 11. The van der Waals surface area contributed by atoms with Crippen LogP contribution in [0.2, 0.25) is 0 Å². The van der Waals surface area contributed by atoms with Gasteiger partial charge in [0.15, 0.2) is 0 Å². The standard InChI is InChI=1S/C29H34FN3O4S/c1-5-27(29(35)31-4)32(19-22-11-15-24(30)16-12-22)28(34)20-33(25-17-13-23(14-18-25)21(2)3)38(36,37)26-9-7-6-8-10-26/h6-18,21,27H,5,19-20H2,1-4H3,(H,31,35)/t27-/m1/s1. The molecular weight excluding hydrogens is 505 g/mol. The van der Waals surface area contributed by atoms with Crippen molar-refractivity contribution in [3.05, 3.63) is 95.8 Å². The lowest BCUT2D eigenvalue weighted by Crippen LogP contribution is -2.51. The summed E-state index contributed by atoms with van der Waals surface area (Å²) in [5.74, 6) is -1.11. The maximum absolute atomic E-state index is 13.8. The molecule has 0 fully saturated rings. The fourth-order valence-electron chi connectivity index (χ4n) is 4.15. The van der Waals surface area contributed by atoms with Crippen LogP contribution in [0, 0.1) is 5.82 Å². The van der Waals surface area contributed by atoms with Gasteiger partial charge in [-0.15, -0.1) is 0 Å². The normalized spacial score (nSPS) is 12.2. The summed E-state index contributed by atoms with van der Waals surface area (Å²) in [6, 6.07) is 19.7. The van der Waals surface area contributed by atoms with Crippen LogP contribution in [0.25, 0.3) is 0 Å². The van der Waals surface area contributed by atoms with Gasteiger partial charge in [-0.05, 0) is 59.9 Å². The summed E-state index contributed by atoms with van der Waals surface area (Å²) in [5, 5.41) is 2.58. The van der Waals surface area contributed by atoms with Gasteiger partial charge in [-0.3, -0.25) is 13.9 Å². The van der Waals surface area contributed by atoms with E-state index in [0.717, 1.165) is 9.87 Å². The van der Waals surface area contributed by atoms with Crippen LogP contribution in [0.5, 0.6) is 0 Å². The number of anilines is 1. The van der Waals surface area contributed by atoms with Crippen molar-refractivity contribution in [2.45, 2.75) is 50.6 Å². The van der Waals surface area contributed by atoms with E-state index in [4.69, 9.17) is 0 Å². The molecule has 0 saturated heterocycles. The Labute approximate surface area is 224 Å². The van der Waals surface area contributed by atoms with Gasteiger partial charge in [0.25, 0.3) is 10.0 Å². The summed E-state index contributed by atoms with van der Waals surface area (Å²) in [5.41, 5.74) is 1.97. The molecule has 0 radical (unpaired) electrons. The molecule has 38 heavy (non-hydrogen) atoms. The topological polar surface area (TPSA) is 86.8 Å². The van der Waals surface area contributed by atoms with Crippen LogP contribution in [0.4, 0.5) is 10.1 Å². The zero-order valence-electron chi connectivity index (χ0n) is 22.1. The number of nitrogens with one attached hydrogen (secondary N) is 1. The van der Waals surface area contributed by atoms with Crippen LogP contribution in [-0.2, 0) is 26.2 Å². The van der Waals surface area contributed by atoms with Crippen molar-refractivity contribution in [3.8, 4) is 0 Å². The van der Waals surface area contributed by atoms with Gasteiger partial charge in [-0.1, -0.05) is 63.2 Å². The molecule has 3 aromatic rings. The maximum Gasteiger partial charge on any atom is 0.264 e. The first-order valence-electron chi connectivity index (χ1n) is 12.5. The van der Waals surface area contributed by atoms with E-state index in [9.17, 15) is 22.4 Å². The molecule has 0 aromatic heterocycles. The Morgan fingerprint density at radius 3 is 2.05 bits per heavy atom. The number of benzene rings is 3. The number of likely N-dealkylation sites (N-methyl/N-ethyl adjacent to an activating group) is 1. The summed E-state index contributed by atoms with van der Waals surface area (Å²) in [4.78, 5) is 27.9. The van der Waals surface area contributed by atoms with E-state index in [1.165, 1.54) is 48.3 Å². The molecule has 0 aliphatic carbocycles. The quantitative estimate of drug-likeness (QED) is 0.383. The number of carbonyl (C=O) groups is 2. The number of sulfonamides is 1. The molecule has 3 aromatic carbocycles. The first kappa shape index (κ1) is 28.8. The lowest BCUT2D eigenvalue weighted by Gasteiger charge is -2.33. The molecule has 2 amide bonds. The first-order chi connectivity index (χ1) is 18.1. The van der Waals surface area contributed by atoms with E-state index >= 15 is 0 Å². The van der Waals surface area contributed by atoms with Crippen molar-refractivity contribution in [2.24, 2.45) is 0 Å². The molecule has 3 rings (SSSR count). The largest absolute Gasteiger partial charge is 0.357 e. The Morgan fingerprint density at radius 2 is 1.53 bits per heavy atom. The molecule has 0 aliphatic heterocycles. The van der Waals surface area contributed by atoms with Gasteiger partial charge in [0.1, 0.15) is 18.4 Å². The van der Waals surface area contributed by atoms with Gasteiger partial charge < -0.3 is 10.2 Å². The summed E-state index contributed by atoms with van der Waals surface area (Å²) in [6.45, 7) is 5.33. The lowest BCUT2D eigenvalue weighted by molar-refractivity contribution is -0.140. The van der Waals surface area contributed by atoms with Crippen molar-refractivity contribution in [2.75, 3.05) is 17.9 Å². The van der Waals surface area contributed by atoms with Crippen molar-refractivity contribution in [1.82, 2.24) is 10.2 Å². The minimum Gasteiger partial charge on any atom is -0.357 e. The minimum atomic E-state index is -4.12. The highest BCUT2D eigenvalue weighted by atomic mass is 32.2. The SMILES string of the molecule is CC[C@H](C(=O)NC)N(Cc1ccc(F)cc1)C(=O)CN(c1ccc(C(C)C)cc1)S(=O)(=O)c1ccccc1. The van der Waals surface area contributed by atoms with E-state index in [1.807, 2.05) is 26.0 Å². The third kappa shape index (κ3) is 6.77. The average Bonchev–Trinajstić information content (AvgIpc) is 2.92. The van der Waals surface area contributed by atoms with Crippen molar-refractivity contribution < 1.29 is 22.4 Å². The monoisotopic (exact) mass is 539 g/mol. The Morgan fingerprint density at radius 1 is 0.921 bits per heavy atom. The van der Waals surface area contributed by atoms with Gasteiger partial charge in [0.2, 0.25) is 11.8 Å². The molecule has 0 bridgehead atoms. The van der Waals surface area contributed by atoms with Crippen molar-refractivity contribution >= 4 is 27.5 Å². The summed E-state index contributed by atoms with van der Waals surface area (Å²) < 4.78 is 42.1. The third-order valence-electron chi connectivity index (χ3n) is 6.36. The number of nitrogens with zero attached hydrogens (tertiary/aromatic N) is 2. The molecule has 0 aliphatic rings. The van der Waals surface area contributed by atoms with E-state index < -0.39 is 34.3 Å². The second-order valence-electron chi connectivity index (χ2n) is 9.26. The van der Waals surface area contributed by atoms with Gasteiger partial charge in [0, 0.05) is 13.6 Å². The molecule has 202 valence electrons. The molecule has 9 heteroatoms. The molecule has 0 heterocycles.